The van der Waals surface area contributed by atoms with E-state index in [4.69, 9.17) is 4.74 Å². The van der Waals surface area contributed by atoms with Crippen LogP contribution in [0.25, 0.3) is 33.2 Å². The highest BCUT2D eigenvalue weighted by atomic mass is 16.6. The molecule has 1 saturated carbocycles. The molecule has 0 bridgehead atoms. The first kappa shape index (κ1) is 25.7. The second kappa shape index (κ2) is 9.11. The topological polar surface area (TPSA) is 124 Å². The fraction of sp³-hybridized carbons (Fsp3) is 0.464. The molecule has 5 rings (SSSR count). The number of carbonyl (C=O) groups excluding carboxylic acids is 1. The van der Waals surface area contributed by atoms with Gasteiger partial charge in [-0.15, -0.1) is 0 Å². The quantitative estimate of drug-likeness (QED) is 0.409. The number of alkyl carbamates (subject to hydrolysis) is 1. The highest BCUT2D eigenvalue weighted by Crippen LogP contribution is 2.36. The van der Waals surface area contributed by atoms with Gasteiger partial charge in [-0.1, -0.05) is 0 Å². The van der Waals surface area contributed by atoms with E-state index < -0.39 is 11.7 Å². The maximum Gasteiger partial charge on any atom is 0.408 e. The lowest BCUT2D eigenvalue weighted by atomic mass is 9.98. The van der Waals surface area contributed by atoms with E-state index in [9.17, 15) is 14.7 Å². The number of aryl methyl sites for hydroxylation is 2. The number of fused-ring (bicyclic) bond motifs is 2. The van der Waals surface area contributed by atoms with Crippen LogP contribution in [0.1, 0.15) is 52.5 Å². The van der Waals surface area contributed by atoms with E-state index in [0.717, 1.165) is 30.2 Å². The summed E-state index contributed by atoms with van der Waals surface area (Å²) in [6.07, 6.45) is 7.21. The van der Waals surface area contributed by atoms with E-state index in [1.807, 2.05) is 60.0 Å². The van der Waals surface area contributed by atoms with Crippen molar-refractivity contribution in [1.29, 1.82) is 0 Å². The molecule has 200 valence electrons. The van der Waals surface area contributed by atoms with Crippen molar-refractivity contribution in [2.75, 3.05) is 0 Å². The van der Waals surface area contributed by atoms with Gasteiger partial charge in [-0.3, -0.25) is 9.48 Å². The zero-order valence-electron chi connectivity index (χ0n) is 22.7. The van der Waals surface area contributed by atoms with Crippen LogP contribution in [0, 0.1) is 12.8 Å². The molecular weight excluding hydrogens is 484 g/mol. The third kappa shape index (κ3) is 4.94. The van der Waals surface area contributed by atoms with Crippen LogP contribution in [0.4, 0.5) is 4.79 Å². The number of nitrogens with zero attached hydrogens (tertiary/aromatic N) is 5. The van der Waals surface area contributed by atoms with Gasteiger partial charge in [-0.2, -0.15) is 5.10 Å². The number of phenols is 1. The Bertz CT molecular complexity index is 1620. The van der Waals surface area contributed by atoms with Crippen molar-refractivity contribution in [3.05, 3.63) is 46.6 Å². The van der Waals surface area contributed by atoms with Crippen LogP contribution in [0.15, 0.2) is 35.5 Å². The summed E-state index contributed by atoms with van der Waals surface area (Å²) in [6.45, 7) is 9.90. The molecule has 38 heavy (non-hydrogen) atoms. The van der Waals surface area contributed by atoms with Gasteiger partial charge in [0.05, 0.1) is 22.0 Å². The number of benzene rings is 1. The molecule has 0 saturated heterocycles. The molecule has 1 fully saturated rings. The lowest BCUT2D eigenvalue weighted by molar-refractivity contribution is 0.0464. The van der Waals surface area contributed by atoms with Gasteiger partial charge in [-0.05, 0) is 71.9 Å². The van der Waals surface area contributed by atoms with Crippen LogP contribution in [-0.4, -0.2) is 46.7 Å². The summed E-state index contributed by atoms with van der Waals surface area (Å²) < 4.78 is 8.82. The predicted octanol–water partition coefficient (Wildman–Crippen LogP) is 4.44. The number of ether oxygens (including phenoxy) is 1. The molecule has 3 aromatic heterocycles. The minimum absolute atomic E-state index is 0.0770. The van der Waals surface area contributed by atoms with Crippen LogP contribution < -0.4 is 10.9 Å². The monoisotopic (exact) mass is 518 g/mol. The van der Waals surface area contributed by atoms with Crippen LogP contribution >= 0.6 is 0 Å². The SMILES string of the molecule is Cc1c(O)c(-c2ncc3c(=O)n(C[C@H]4CC[C@@](C)(NC(=O)OC(C)(C)C)C4)ccc3n2)cc2cn(C)nc12. The third-order valence-electron chi connectivity index (χ3n) is 7.19. The molecule has 2 atom stereocenters. The van der Waals surface area contributed by atoms with Crippen LogP contribution in [0.3, 0.4) is 0 Å². The number of hydrogen-bond donors (Lipinski definition) is 2. The predicted molar refractivity (Wildman–Crippen MR) is 145 cm³/mol. The Morgan fingerprint density at radius 2 is 2.11 bits per heavy atom. The fourth-order valence-corrected chi connectivity index (χ4v) is 5.42. The Hall–Kier alpha value is -3.95. The Kier molecular flexibility index (Phi) is 6.16. The minimum atomic E-state index is -0.554. The van der Waals surface area contributed by atoms with Gasteiger partial charge in [-0.25, -0.2) is 14.8 Å². The van der Waals surface area contributed by atoms with Crippen molar-refractivity contribution in [2.45, 2.75) is 71.6 Å². The molecule has 0 unspecified atom stereocenters. The number of rotatable bonds is 4. The van der Waals surface area contributed by atoms with E-state index >= 15 is 0 Å². The van der Waals surface area contributed by atoms with E-state index in [2.05, 4.69) is 20.4 Å². The maximum absolute atomic E-state index is 13.3. The van der Waals surface area contributed by atoms with Crippen molar-refractivity contribution in [3.63, 3.8) is 0 Å². The molecule has 0 spiro atoms. The smallest absolute Gasteiger partial charge is 0.408 e. The standard InChI is InChI=1S/C28H34N6O4/c1-16-22-18(15-33(6)32-22)11-19(23(16)35)24-29-13-20-21(30-24)8-10-34(25(20)36)14-17-7-9-28(5,12-17)31-26(37)38-27(2,3)4/h8,10-11,13,15,17,35H,7,9,12,14H2,1-6H3,(H,31,37)/t17-,28+/m0/s1. The maximum atomic E-state index is 13.3. The van der Waals surface area contributed by atoms with Crippen molar-refractivity contribution in [3.8, 4) is 17.1 Å². The molecule has 0 radical (unpaired) electrons. The normalized spacial score (nSPS) is 19.8. The summed E-state index contributed by atoms with van der Waals surface area (Å²) in [5.74, 6) is 0.658. The summed E-state index contributed by atoms with van der Waals surface area (Å²) in [4.78, 5) is 34.6. The fourth-order valence-electron chi connectivity index (χ4n) is 5.42. The number of phenolic OH excluding ortho intramolecular Hbond substituents is 1. The second-order valence-electron chi connectivity index (χ2n) is 11.7. The molecule has 1 aliphatic rings. The lowest BCUT2D eigenvalue weighted by Gasteiger charge is -2.28. The van der Waals surface area contributed by atoms with Gasteiger partial charge in [0.2, 0.25) is 0 Å². The number of carbonyl (C=O) groups is 1. The highest BCUT2D eigenvalue weighted by Gasteiger charge is 2.37. The Labute approximate surface area is 220 Å². The molecule has 1 aliphatic carbocycles. The molecule has 3 heterocycles. The van der Waals surface area contributed by atoms with Crippen molar-refractivity contribution in [2.24, 2.45) is 13.0 Å². The lowest BCUT2D eigenvalue weighted by Crippen LogP contribution is -2.46. The summed E-state index contributed by atoms with van der Waals surface area (Å²) >= 11 is 0. The van der Waals surface area contributed by atoms with Gasteiger partial charge >= 0.3 is 6.09 Å². The Morgan fingerprint density at radius 1 is 1.34 bits per heavy atom. The van der Waals surface area contributed by atoms with Crippen molar-refractivity contribution >= 4 is 27.9 Å². The molecule has 10 heteroatoms. The summed E-state index contributed by atoms with van der Waals surface area (Å²) in [5.41, 5.74) is 1.30. The van der Waals surface area contributed by atoms with E-state index in [1.165, 1.54) is 6.20 Å². The number of hydrogen-bond acceptors (Lipinski definition) is 7. The average molecular weight is 519 g/mol. The average Bonchev–Trinajstić information content (AvgIpc) is 3.38. The summed E-state index contributed by atoms with van der Waals surface area (Å²) in [7, 11) is 1.83. The molecule has 0 aliphatic heterocycles. The molecular formula is C28H34N6O4. The van der Waals surface area contributed by atoms with Gasteiger partial charge in [0.15, 0.2) is 5.82 Å². The number of pyridine rings is 1. The first-order chi connectivity index (χ1) is 17.8. The minimum Gasteiger partial charge on any atom is -0.507 e. The third-order valence-corrected chi connectivity index (χ3v) is 7.19. The summed E-state index contributed by atoms with van der Waals surface area (Å²) in [5, 5.41) is 19.5. The second-order valence-corrected chi connectivity index (χ2v) is 11.7. The first-order valence-electron chi connectivity index (χ1n) is 12.9. The molecule has 2 N–H and O–H groups in total. The Balaban J connectivity index is 1.36. The molecule has 10 nitrogen and oxygen atoms in total. The zero-order chi connectivity index (χ0) is 27.4. The van der Waals surface area contributed by atoms with Gasteiger partial charge in [0, 0.05) is 48.7 Å². The number of aromatic nitrogens is 5. The van der Waals surface area contributed by atoms with Gasteiger partial charge < -0.3 is 19.7 Å². The number of amides is 1. The number of nitrogens with one attached hydrogen (secondary N) is 1. The van der Waals surface area contributed by atoms with E-state index in [-0.39, 0.29) is 22.8 Å². The highest BCUT2D eigenvalue weighted by molar-refractivity contribution is 5.90. The van der Waals surface area contributed by atoms with Crippen molar-refractivity contribution in [1.82, 2.24) is 29.6 Å². The first-order valence-corrected chi connectivity index (χ1v) is 12.9. The molecule has 4 aromatic rings. The van der Waals surface area contributed by atoms with Gasteiger partial charge in [0.1, 0.15) is 11.4 Å². The molecule has 1 amide bonds. The largest absolute Gasteiger partial charge is 0.507 e. The van der Waals surface area contributed by atoms with Crippen molar-refractivity contribution < 1.29 is 14.6 Å². The van der Waals surface area contributed by atoms with Gasteiger partial charge in [0.25, 0.3) is 5.56 Å². The van der Waals surface area contributed by atoms with Crippen LogP contribution in [0.2, 0.25) is 0 Å². The van der Waals surface area contributed by atoms with Crippen LogP contribution in [0.5, 0.6) is 5.75 Å². The summed E-state index contributed by atoms with van der Waals surface area (Å²) in [6, 6.07) is 3.62. The zero-order valence-corrected chi connectivity index (χ0v) is 22.7. The van der Waals surface area contributed by atoms with E-state index in [0.29, 0.717) is 34.4 Å². The Morgan fingerprint density at radius 3 is 2.84 bits per heavy atom. The molecule has 1 aromatic carbocycles. The number of aromatic hydroxyl groups is 1. The van der Waals surface area contributed by atoms with E-state index in [1.54, 1.807) is 15.4 Å². The van der Waals surface area contributed by atoms with Crippen LogP contribution in [-0.2, 0) is 18.3 Å².